The van der Waals surface area contributed by atoms with Gasteiger partial charge in [-0.25, -0.2) is 4.39 Å². The summed E-state index contributed by atoms with van der Waals surface area (Å²) in [6.07, 6.45) is 4.86. The van der Waals surface area contributed by atoms with Crippen LogP contribution in [0.25, 0.3) is 6.08 Å². The molecule has 0 spiro atoms. The molecule has 0 aromatic heterocycles. The van der Waals surface area contributed by atoms with Gasteiger partial charge in [0.2, 0.25) is 5.91 Å². The van der Waals surface area contributed by atoms with E-state index in [0.29, 0.717) is 5.57 Å². The zero-order valence-electron chi connectivity index (χ0n) is 11.6. The molecule has 4 heteroatoms. The summed E-state index contributed by atoms with van der Waals surface area (Å²) < 4.78 is 12.8. The van der Waals surface area contributed by atoms with E-state index in [1.165, 1.54) is 12.1 Å². The number of halogens is 1. The molecule has 0 heterocycles. The van der Waals surface area contributed by atoms with Gasteiger partial charge < -0.3 is 10.4 Å². The Morgan fingerprint density at radius 3 is 2.60 bits per heavy atom. The number of carbonyl (C=O) groups is 1. The van der Waals surface area contributed by atoms with E-state index >= 15 is 0 Å². The van der Waals surface area contributed by atoms with Gasteiger partial charge in [-0.05, 0) is 43.5 Å². The summed E-state index contributed by atoms with van der Waals surface area (Å²) >= 11 is 0. The minimum absolute atomic E-state index is 0.159. The Balaban J connectivity index is 1.99. The molecule has 20 heavy (non-hydrogen) atoms. The molecule has 0 radical (unpaired) electrons. The lowest BCUT2D eigenvalue weighted by Crippen LogP contribution is -2.45. The van der Waals surface area contributed by atoms with Crippen LogP contribution >= 0.6 is 0 Å². The zero-order chi connectivity index (χ0) is 14.5. The average molecular weight is 277 g/mol. The lowest BCUT2D eigenvalue weighted by Gasteiger charge is -2.28. The van der Waals surface area contributed by atoms with Crippen molar-refractivity contribution in [2.75, 3.05) is 0 Å². The largest absolute Gasteiger partial charge is 0.391 e. The molecule has 1 aromatic rings. The van der Waals surface area contributed by atoms with Crippen LogP contribution in [0.5, 0.6) is 0 Å². The van der Waals surface area contributed by atoms with E-state index in [9.17, 15) is 14.3 Å². The second-order valence-corrected chi connectivity index (χ2v) is 5.31. The van der Waals surface area contributed by atoms with Crippen molar-refractivity contribution in [1.29, 1.82) is 0 Å². The Labute approximate surface area is 118 Å². The molecule has 0 aliphatic heterocycles. The van der Waals surface area contributed by atoms with E-state index in [0.717, 1.165) is 31.2 Å². The molecule has 2 atom stereocenters. The number of carbonyl (C=O) groups excluding carboxylic acids is 1. The van der Waals surface area contributed by atoms with Crippen LogP contribution in [0.4, 0.5) is 4.39 Å². The van der Waals surface area contributed by atoms with Crippen molar-refractivity contribution >= 4 is 12.0 Å². The molecule has 1 aromatic carbocycles. The second kappa shape index (κ2) is 6.66. The van der Waals surface area contributed by atoms with Gasteiger partial charge in [-0.1, -0.05) is 25.0 Å². The van der Waals surface area contributed by atoms with Gasteiger partial charge >= 0.3 is 0 Å². The van der Waals surface area contributed by atoms with Crippen LogP contribution in [0.15, 0.2) is 29.8 Å². The van der Waals surface area contributed by atoms with E-state index < -0.39 is 6.10 Å². The van der Waals surface area contributed by atoms with E-state index in [2.05, 4.69) is 5.32 Å². The molecular weight excluding hydrogens is 257 g/mol. The van der Waals surface area contributed by atoms with E-state index in [1.807, 2.05) is 0 Å². The molecular formula is C16H20FNO2. The monoisotopic (exact) mass is 277 g/mol. The number of nitrogens with one attached hydrogen (secondary N) is 1. The first-order valence-electron chi connectivity index (χ1n) is 6.99. The van der Waals surface area contributed by atoms with Crippen molar-refractivity contribution in [3.63, 3.8) is 0 Å². The SMILES string of the molecule is C/C(=C/c1ccc(F)cc1)C(=O)NC1CCCCC1O. The fourth-order valence-corrected chi connectivity index (χ4v) is 2.44. The lowest BCUT2D eigenvalue weighted by molar-refractivity contribution is -0.119. The molecule has 1 amide bonds. The smallest absolute Gasteiger partial charge is 0.247 e. The Morgan fingerprint density at radius 1 is 1.30 bits per heavy atom. The maximum atomic E-state index is 12.8. The average Bonchev–Trinajstić information content (AvgIpc) is 2.44. The maximum Gasteiger partial charge on any atom is 0.247 e. The minimum Gasteiger partial charge on any atom is -0.391 e. The quantitative estimate of drug-likeness (QED) is 0.834. The molecule has 1 aliphatic rings. The third-order valence-electron chi connectivity index (χ3n) is 3.66. The van der Waals surface area contributed by atoms with Crippen LogP contribution in [0.2, 0.25) is 0 Å². The molecule has 3 nitrogen and oxygen atoms in total. The van der Waals surface area contributed by atoms with Crippen molar-refractivity contribution < 1.29 is 14.3 Å². The van der Waals surface area contributed by atoms with Crippen LogP contribution in [-0.4, -0.2) is 23.2 Å². The van der Waals surface area contributed by atoms with Gasteiger partial charge in [-0.15, -0.1) is 0 Å². The highest BCUT2D eigenvalue weighted by atomic mass is 19.1. The predicted octanol–water partition coefficient (Wildman–Crippen LogP) is 2.65. The first-order valence-corrected chi connectivity index (χ1v) is 6.99. The Bertz CT molecular complexity index is 496. The third-order valence-corrected chi connectivity index (χ3v) is 3.66. The maximum absolute atomic E-state index is 12.8. The summed E-state index contributed by atoms with van der Waals surface area (Å²) in [4.78, 5) is 12.1. The molecule has 108 valence electrons. The number of amides is 1. The van der Waals surface area contributed by atoms with Gasteiger partial charge in [0.25, 0.3) is 0 Å². The van der Waals surface area contributed by atoms with Gasteiger partial charge in [0.05, 0.1) is 12.1 Å². The van der Waals surface area contributed by atoms with Crippen molar-refractivity contribution in [2.24, 2.45) is 0 Å². The third kappa shape index (κ3) is 3.90. The Hall–Kier alpha value is -1.68. The number of aliphatic hydroxyl groups excluding tert-OH is 1. The highest BCUT2D eigenvalue weighted by Crippen LogP contribution is 2.19. The van der Waals surface area contributed by atoms with Crippen LogP contribution in [0, 0.1) is 5.82 Å². The van der Waals surface area contributed by atoms with Gasteiger partial charge in [-0.3, -0.25) is 4.79 Å². The normalized spacial score (nSPS) is 23.4. The van der Waals surface area contributed by atoms with Gasteiger partial charge in [0.15, 0.2) is 0 Å². The zero-order valence-corrected chi connectivity index (χ0v) is 11.6. The minimum atomic E-state index is -0.452. The summed E-state index contributed by atoms with van der Waals surface area (Å²) in [5, 5.41) is 12.7. The molecule has 2 rings (SSSR count). The van der Waals surface area contributed by atoms with Gasteiger partial charge in [0, 0.05) is 5.57 Å². The molecule has 2 unspecified atom stereocenters. The van der Waals surface area contributed by atoms with Crippen LogP contribution < -0.4 is 5.32 Å². The summed E-state index contributed by atoms with van der Waals surface area (Å²) in [5.41, 5.74) is 1.33. The van der Waals surface area contributed by atoms with Crippen molar-refractivity contribution in [2.45, 2.75) is 44.8 Å². The van der Waals surface area contributed by atoms with Crippen molar-refractivity contribution in [1.82, 2.24) is 5.32 Å². The molecule has 1 fully saturated rings. The number of hydrogen-bond acceptors (Lipinski definition) is 2. The lowest BCUT2D eigenvalue weighted by atomic mass is 9.92. The highest BCUT2D eigenvalue weighted by molar-refractivity contribution is 5.97. The summed E-state index contributed by atoms with van der Waals surface area (Å²) in [6.45, 7) is 1.72. The first kappa shape index (κ1) is 14.7. The molecule has 0 bridgehead atoms. The summed E-state index contributed by atoms with van der Waals surface area (Å²) in [5.74, 6) is -0.477. The number of benzene rings is 1. The van der Waals surface area contributed by atoms with E-state index in [-0.39, 0.29) is 17.8 Å². The Kier molecular flexibility index (Phi) is 4.90. The standard InChI is InChI=1S/C16H20FNO2/c1-11(10-12-6-8-13(17)9-7-12)16(20)18-14-4-2-3-5-15(14)19/h6-10,14-15,19H,2-5H2,1H3,(H,18,20)/b11-10-. The molecule has 1 saturated carbocycles. The topological polar surface area (TPSA) is 49.3 Å². The van der Waals surface area contributed by atoms with Crippen LogP contribution in [0.1, 0.15) is 38.2 Å². The number of hydrogen-bond donors (Lipinski definition) is 2. The molecule has 2 N–H and O–H groups in total. The predicted molar refractivity (Wildman–Crippen MR) is 76.5 cm³/mol. The fourth-order valence-electron chi connectivity index (χ4n) is 2.44. The Morgan fingerprint density at radius 2 is 1.95 bits per heavy atom. The number of rotatable bonds is 3. The van der Waals surface area contributed by atoms with Gasteiger partial charge in [-0.2, -0.15) is 0 Å². The first-order chi connectivity index (χ1) is 9.56. The van der Waals surface area contributed by atoms with Gasteiger partial charge in [0.1, 0.15) is 5.82 Å². The van der Waals surface area contributed by atoms with E-state index in [4.69, 9.17) is 0 Å². The van der Waals surface area contributed by atoms with Crippen molar-refractivity contribution in [3.8, 4) is 0 Å². The highest BCUT2D eigenvalue weighted by Gasteiger charge is 2.24. The van der Waals surface area contributed by atoms with Crippen molar-refractivity contribution in [3.05, 3.63) is 41.2 Å². The molecule has 1 aliphatic carbocycles. The fraction of sp³-hybridized carbons (Fsp3) is 0.438. The summed E-state index contributed by atoms with van der Waals surface area (Å²) in [6, 6.07) is 5.82. The van der Waals surface area contributed by atoms with Crippen LogP contribution in [-0.2, 0) is 4.79 Å². The number of aliphatic hydroxyl groups is 1. The molecule has 0 saturated heterocycles. The second-order valence-electron chi connectivity index (χ2n) is 5.31. The van der Waals surface area contributed by atoms with Crippen LogP contribution in [0.3, 0.4) is 0 Å². The van der Waals surface area contributed by atoms with E-state index in [1.54, 1.807) is 25.1 Å². The summed E-state index contributed by atoms with van der Waals surface area (Å²) in [7, 11) is 0.